The fourth-order valence-electron chi connectivity index (χ4n) is 2.91. The van der Waals surface area contributed by atoms with Gasteiger partial charge in [-0.2, -0.15) is 17.5 Å². The molecule has 6 nitrogen and oxygen atoms in total. The summed E-state index contributed by atoms with van der Waals surface area (Å²) in [5, 5.41) is 4.80. The fraction of sp³-hybridized carbons (Fsp3) is 0.562. The van der Waals surface area contributed by atoms with Gasteiger partial charge in [-0.3, -0.25) is 4.79 Å². The van der Waals surface area contributed by atoms with E-state index >= 15 is 0 Å². The van der Waals surface area contributed by atoms with Crippen molar-refractivity contribution in [1.82, 2.24) is 14.9 Å². The number of carbonyl (C=O) groups excluding carboxylic acids is 1. The molecule has 0 aromatic heterocycles. The first-order valence-corrected chi connectivity index (χ1v) is 9.67. The van der Waals surface area contributed by atoms with Gasteiger partial charge < -0.3 is 10.6 Å². The van der Waals surface area contributed by atoms with E-state index in [-0.39, 0.29) is 28.8 Å². The molecule has 0 bridgehead atoms. The first-order valence-electron chi connectivity index (χ1n) is 8.23. The number of amides is 1. The maximum atomic E-state index is 12.7. The van der Waals surface area contributed by atoms with Crippen LogP contribution in [0.1, 0.15) is 23.2 Å². The van der Waals surface area contributed by atoms with E-state index in [1.54, 1.807) is 5.32 Å². The quantitative estimate of drug-likeness (QED) is 0.725. The molecule has 0 saturated carbocycles. The number of nitrogens with zero attached hydrogens (tertiary/aromatic N) is 1. The lowest BCUT2D eigenvalue weighted by atomic mass is 10.00. The maximum Gasteiger partial charge on any atom is 0.405 e. The molecular formula is C16H23ClF3N3O3S. The average molecular weight is 430 g/mol. The Hall–Kier alpha value is -1.36. The molecule has 0 radical (unpaired) electrons. The highest BCUT2D eigenvalue weighted by Gasteiger charge is 2.30. The Morgan fingerprint density at radius 2 is 1.89 bits per heavy atom. The molecular weight excluding hydrogens is 407 g/mol. The molecule has 1 fully saturated rings. The van der Waals surface area contributed by atoms with E-state index in [9.17, 15) is 26.4 Å². The van der Waals surface area contributed by atoms with Crippen molar-refractivity contribution in [3.05, 3.63) is 29.8 Å². The highest BCUT2D eigenvalue weighted by atomic mass is 35.5. The number of hydrogen-bond donors (Lipinski definition) is 2. The molecule has 1 heterocycles. The molecule has 2 rings (SSSR count). The lowest BCUT2D eigenvalue weighted by Crippen LogP contribution is -2.42. The normalized spacial score (nSPS) is 18.6. The van der Waals surface area contributed by atoms with Crippen molar-refractivity contribution in [2.24, 2.45) is 5.92 Å². The zero-order valence-electron chi connectivity index (χ0n) is 14.8. The van der Waals surface area contributed by atoms with E-state index in [4.69, 9.17) is 0 Å². The number of benzene rings is 1. The summed E-state index contributed by atoms with van der Waals surface area (Å²) >= 11 is 0. The van der Waals surface area contributed by atoms with Crippen LogP contribution in [0.25, 0.3) is 0 Å². The third kappa shape index (κ3) is 6.63. The van der Waals surface area contributed by atoms with E-state index in [1.807, 2.05) is 7.05 Å². The summed E-state index contributed by atoms with van der Waals surface area (Å²) in [5.74, 6) is -0.672. The SMILES string of the molecule is CNCC1CCCN(S(=O)(=O)c2ccc(C(=O)NCC(F)(F)F)cc2)C1.Cl. The molecule has 1 saturated heterocycles. The molecule has 11 heteroatoms. The Labute approximate surface area is 163 Å². The van der Waals surface area contributed by atoms with Crippen LogP contribution in [-0.2, 0) is 10.0 Å². The van der Waals surface area contributed by atoms with Crippen molar-refractivity contribution in [1.29, 1.82) is 0 Å². The number of nitrogens with one attached hydrogen (secondary N) is 2. The summed E-state index contributed by atoms with van der Waals surface area (Å²) in [4.78, 5) is 11.7. The van der Waals surface area contributed by atoms with Gasteiger partial charge >= 0.3 is 6.18 Å². The summed E-state index contributed by atoms with van der Waals surface area (Å²) in [6.45, 7) is 0.129. The molecule has 154 valence electrons. The summed E-state index contributed by atoms with van der Waals surface area (Å²) in [6, 6.07) is 4.93. The smallest absolute Gasteiger partial charge is 0.343 e. The Bertz CT molecular complexity index is 725. The van der Waals surface area contributed by atoms with Gasteiger partial charge in [-0.25, -0.2) is 8.42 Å². The number of halogens is 4. The summed E-state index contributed by atoms with van der Waals surface area (Å²) < 4.78 is 63.3. The van der Waals surface area contributed by atoms with Crippen molar-refractivity contribution in [3.8, 4) is 0 Å². The lowest BCUT2D eigenvalue weighted by molar-refractivity contribution is -0.123. The third-order valence-corrected chi connectivity index (χ3v) is 6.06. The highest BCUT2D eigenvalue weighted by molar-refractivity contribution is 7.89. The second-order valence-corrected chi connectivity index (χ2v) is 8.19. The predicted octanol–water partition coefficient (Wildman–Crippen LogP) is 2.02. The predicted molar refractivity (Wildman–Crippen MR) is 97.5 cm³/mol. The topological polar surface area (TPSA) is 78.5 Å². The first kappa shape index (κ1) is 23.7. The van der Waals surface area contributed by atoms with Crippen LogP contribution in [0.15, 0.2) is 29.2 Å². The standard InChI is InChI=1S/C16H22F3N3O3S.ClH/c1-20-9-12-3-2-8-22(10-12)26(24,25)14-6-4-13(5-7-14)15(23)21-11-16(17,18)19;/h4-7,12,20H,2-3,8-11H2,1H3,(H,21,23);1H. The van der Waals surface area contributed by atoms with Gasteiger partial charge in [-0.1, -0.05) is 0 Å². The minimum Gasteiger partial charge on any atom is -0.343 e. The summed E-state index contributed by atoms with van der Waals surface area (Å²) in [6.07, 6.45) is -2.79. The van der Waals surface area contributed by atoms with E-state index in [1.165, 1.54) is 28.6 Å². The lowest BCUT2D eigenvalue weighted by Gasteiger charge is -2.31. The number of alkyl halides is 3. The molecule has 1 aromatic carbocycles. The van der Waals surface area contributed by atoms with Crippen LogP contribution in [-0.4, -0.2) is 58.0 Å². The van der Waals surface area contributed by atoms with Gasteiger partial charge in [0.2, 0.25) is 10.0 Å². The number of sulfonamides is 1. The molecule has 27 heavy (non-hydrogen) atoms. The second kappa shape index (κ2) is 9.72. The number of piperidine rings is 1. The van der Waals surface area contributed by atoms with E-state index in [0.29, 0.717) is 13.1 Å². The third-order valence-electron chi connectivity index (χ3n) is 4.18. The molecule has 0 spiro atoms. The summed E-state index contributed by atoms with van der Waals surface area (Å²) in [5.41, 5.74) is -0.0279. The Morgan fingerprint density at radius 1 is 1.26 bits per heavy atom. The number of rotatable bonds is 6. The van der Waals surface area contributed by atoms with Crippen molar-refractivity contribution in [2.75, 3.05) is 33.2 Å². The average Bonchev–Trinajstić information content (AvgIpc) is 2.60. The second-order valence-electron chi connectivity index (χ2n) is 6.25. The van der Waals surface area contributed by atoms with Gasteiger partial charge in [-0.05, 0) is 56.6 Å². The van der Waals surface area contributed by atoms with E-state index < -0.39 is 28.7 Å². The minimum atomic E-state index is -4.50. The largest absolute Gasteiger partial charge is 0.405 e. The van der Waals surface area contributed by atoms with E-state index in [0.717, 1.165) is 19.4 Å². The van der Waals surface area contributed by atoms with Gasteiger partial charge in [0.05, 0.1) is 4.90 Å². The Balaban J connectivity index is 0.00000364. The maximum absolute atomic E-state index is 12.7. The molecule has 1 aromatic rings. The molecule has 1 atom stereocenters. The van der Waals surface area contributed by atoms with Gasteiger partial charge in [-0.15, -0.1) is 12.4 Å². The van der Waals surface area contributed by atoms with Crippen molar-refractivity contribution in [2.45, 2.75) is 23.9 Å². The Morgan fingerprint density at radius 3 is 2.44 bits per heavy atom. The summed E-state index contributed by atoms with van der Waals surface area (Å²) in [7, 11) is -1.88. The van der Waals surface area contributed by atoms with Crippen LogP contribution in [0, 0.1) is 5.92 Å². The monoisotopic (exact) mass is 429 g/mol. The molecule has 1 amide bonds. The zero-order valence-corrected chi connectivity index (χ0v) is 16.4. The number of carbonyl (C=O) groups is 1. The van der Waals surface area contributed by atoms with Crippen LogP contribution in [0.4, 0.5) is 13.2 Å². The first-order chi connectivity index (χ1) is 12.1. The van der Waals surface area contributed by atoms with E-state index in [2.05, 4.69) is 5.32 Å². The van der Waals surface area contributed by atoms with Crippen molar-refractivity contribution >= 4 is 28.3 Å². The van der Waals surface area contributed by atoms with Crippen LogP contribution in [0.5, 0.6) is 0 Å². The molecule has 0 aliphatic carbocycles. The molecule has 2 N–H and O–H groups in total. The Kier molecular flexibility index (Phi) is 8.52. The zero-order chi connectivity index (χ0) is 19.4. The van der Waals surface area contributed by atoms with Crippen LogP contribution in [0.2, 0.25) is 0 Å². The highest BCUT2D eigenvalue weighted by Crippen LogP contribution is 2.24. The van der Waals surface area contributed by atoms with Gasteiger partial charge in [0, 0.05) is 18.7 Å². The van der Waals surface area contributed by atoms with Crippen LogP contribution in [0.3, 0.4) is 0 Å². The van der Waals surface area contributed by atoms with Gasteiger partial charge in [0.15, 0.2) is 0 Å². The van der Waals surface area contributed by atoms with Crippen LogP contribution < -0.4 is 10.6 Å². The van der Waals surface area contributed by atoms with Gasteiger partial charge in [0.25, 0.3) is 5.91 Å². The molecule has 1 aliphatic heterocycles. The molecule has 1 aliphatic rings. The van der Waals surface area contributed by atoms with Crippen molar-refractivity contribution < 1.29 is 26.4 Å². The molecule has 1 unspecified atom stereocenters. The van der Waals surface area contributed by atoms with Crippen molar-refractivity contribution in [3.63, 3.8) is 0 Å². The van der Waals surface area contributed by atoms with Crippen LogP contribution >= 0.6 is 12.4 Å². The number of hydrogen-bond acceptors (Lipinski definition) is 4. The fourth-order valence-corrected chi connectivity index (χ4v) is 4.47. The minimum absolute atomic E-state index is 0. The van der Waals surface area contributed by atoms with Gasteiger partial charge in [0.1, 0.15) is 6.54 Å².